The Bertz CT molecular complexity index is 502. The Morgan fingerprint density at radius 2 is 2.10 bits per heavy atom. The van der Waals surface area contributed by atoms with Gasteiger partial charge in [0.25, 0.3) is 0 Å². The van der Waals surface area contributed by atoms with E-state index in [1.807, 2.05) is 18.2 Å². The third kappa shape index (κ3) is 2.64. The maximum Gasteiger partial charge on any atom is 0.247 e. The first kappa shape index (κ1) is 14.4. The smallest absolute Gasteiger partial charge is 0.247 e. The number of amides is 1. The van der Waals surface area contributed by atoms with Crippen molar-refractivity contribution in [3.05, 3.63) is 30.3 Å². The Morgan fingerprint density at radius 3 is 2.81 bits per heavy atom. The van der Waals surface area contributed by atoms with Crippen molar-refractivity contribution in [2.45, 2.75) is 44.7 Å². The van der Waals surface area contributed by atoms with Crippen molar-refractivity contribution in [2.24, 2.45) is 5.92 Å². The first-order valence-electron chi connectivity index (χ1n) is 7.96. The van der Waals surface area contributed by atoms with Gasteiger partial charge >= 0.3 is 0 Å². The number of anilines is 1. The van der Waals surface area contributed by atoms with Gasteiger partial charge < -0.3 is 15.5 Å². The normalized spacial score (nSPS) is 29.2. The third-order valence-corrected chi connectivity index (χ3v) is 4.72. The molecule has 2 aliphatic rings. The van der Waals surface area contributed by atoms with E-state index in [1.54, 1.807) is 0 Å². The van der Waals surface area contributed by atoms with Crippen molar-refractivity contribution >= 4 is 11.6 Å². The standard InChI is InChI=1S/C17H25N3O/c1-13(2)10-14-11-17(8-9-18-14)16(21)19-12-20(17)15-6-4-3-5-7-15/h3-7,13-14,18H,8-12H2,1-2H3,(H,19,21). The fourth-order valence-corrected chi connectivity index (χ4v) is 3.79. The van der Waals surface area contributed by atoms with Gasteiger partial charge in [0.05, 0.1) is 6.67 Å². The highest BCUT2D eigenvalue weighted by atomic mass is 16.2. The Balaban J connectivity index is 1.87. The van der Waals surface area contributed by atoms with Crippen molar-refractivity contribution in [1.82, 2.24) is 10.6 Å². The molecule has 3 rings (SSSR count). The summed E-state index contributed by atoms with van der Waals surface area (Å²) in [5.74, 6) is 0.842. The van der Waals surface area contributed by atoms with E-state index in [0.717, 1.165) is 31.5 Å². The number of rotatable bonds is 3. The third-order valence-electron chi connectivity index (χ3n) is 4.72. The number of piperidine rings is 1. The minimum Gasteiger partial charge on any atom is -0.339 e. The van der Waals surface area contributed by atoms with Crippen molar-refractivity contribution < 1.29 is 4.79 Å². The molecule has 1 spiro atoms. The number of hydrogen-bond acceptors (Lipinski definition) is 3. The summed E-state index contributed by atoms with van der Waals surface area (Å²) in [5, 5.41) is 6.65. The van der Waals surface area contributed by atoms with Gasteiger partial charge in [0.15, 0.2) is 0 Å². The van der Waals surface area contributed by atoms with Gasteiger partial charge in [0.1, 0.15) is 5.54 Å². The van der Waals surface area contributed by atoms with Gasteiger partial charge in [-0.15, -0.1) is 0 Å². The van der Waals surface area contributed by atoms with Crippen LogP contribution in [0.2, 0.25) is 0 Å². The van der Waals surface area contributed by atoms with E-state index in [2.05, 4.69) is 41.5 Å². The molecule has 4 heteroatoms. The van der Waals surface area contributed by atoms with E-state index >= 15 is 0 Å². The summed E-state index contributed by atoms with van der Waals surface area (Å²) in [6, 6.07) is 10.7. The van der Waals surface area contributed by atoms with E-state index in [9.17, 15) is 4.79 Å². The van der Waals surface area contributed by atoms with Crippen molar-refractivity contribution in [2.75, 3.05) is 18.1 Å². The van der Waals surface area contributed by atoms with Crippen LogP contribution in [0.25, 0.3) is 0 Å². The maximum atomic E-state index is 12.6. The summed E-state index contributed by atoms with van der Waals surface area (Å²) in [6.45, 7) is 6.02. The number of para-hydroxylation sites is 1. The predicted molar refractivity (Wildman–Crippen MR) is 85.1 cm³/mol. The molecule has 4 nitrogen and oxygen atoms in total. The molecule has 0 aromatic heterocycles. The van der Waals surface area contributed by atoms with E-state index in [-0.39, 0.29) is 11.4 Å². The quantitative estimate of drug-likeness (QED) is 0.895. The van der Waals surface area contributed by atoms with E-state index < -0.39 is 0 Å². The summed E-state index contributed by atoms with van der Waals surface area (Å²) in [5.41, 5.74) is 0.771. The SMILES string of the molecule is CC(C)CC1CC2(CCN1)C(=O)NCN2c1ccccc1. The van der Waals surface area contributed by atoms with E-state index in [1.165, 1.54) is 0 Å². The highest BCUT2D eigenvalue weighted by Gasteiger charge is 2.51. The Labute approximate surface area is 126 Å². The van der Waals surface area contributed by atoms with Crippen LogP contribution in [0, 0.1) is 5.92 Å². The fraction of sp³-hybridized carbons (Fsp3) is 0.588. The topological polar surface area (TPSA) is 44.4 Å². The zero-order valence-electron chi connectivity index (χ0n) is 12.9. The van der Waals surface area contributed by atoms with E-state index in [0.29, 0.717) is 18.6 Å². The largest absolute Gasteiger partial charge is 0.339 e. The molecule has 2 saturated heterocycles. The highest BCUT2D eigenvalue weighted by Crippen LogP contribution is 2.37. The van der Waals surface area contributed by atoms with Gasteiger partial charge in [-0.1, -0.05) is 32.0 Å². The molecule has 2 aliphatic heterocycles. The summed E-state index contributed by atoms with van der Waals surface area (Å²) in [6.07, 6.45) is 2.89. The van der Waals surface area contributed by atoms with Crippen LogP contribution in [-0.4, -0.2) is 30.7 Å². The second kappa shape index (κ2) is 5.68. The van der Waals surface area contributed by atoms with Crippen LogP contribution < -0.4 is 15.5 Å². The average molecular weight is 287 g/mol. The van der Waals surface area contributed by atoms with Crippen molar-refractivity contribution in [1.29, 1.82) is 0 Å². The lowest BCUT2D eigenvalue weighted by atomic mass is 9.80. The number of nitrogens with one attached hydrogen (secondary N) is 2. The van der Waals surface area contributed by atoms with Gasteiger partial charge in [-0.2, -0.15) is 0 Å². The van der Waals surface area contributed by atoms with Crippen LogP contribution in [0.1, 0.15) is 33.1 Å². The highest BCUT2D eigenvalue weighted by molar-refractivity contribution is 5.93. The van der Waals surface area contributed by atoms with Crippen LogP contribution in [0.5, 0.6) is 0 Å². The molecule has 2 heterocycles. The van der Waals surface area contributed by atoms with Crippen molar-refractivity contribution in [3.63, 3.8) is 0 Å². The lowest BCUT2D eigenvalue weighted by molar-refractivity contribution is -0.124. The van der Waals surface area contributed by atoms with Gasteiger partial charge in [-0.3, -0.25) is 4.79 Å². The first-order chi connectivity index (χ1) is 10.1. The molecule has 1 aromatic rings. The lowest BCUT2D eigenvalue weighted by Crippen LogP contribution is -2.58. The summed E-state index contributed by atoms with van der Waals surface area (Å²) in [4.78, 5) is 14.9. The second-order valence-corrected chi connectivity index (χ2v) is 6.69. The van der Waals surface area contributed by atoms with Crippen molar-refractivity contribution in [3.8, 4) is 0 Å². The van der Waals surface area contributed by atoms with Crippen LogP contribution >= 0.6 is 0 Å². The predicted octanol–water partition coefficient (Wildman–Crippen LogP) is 2.12. The number of nitrogens with zero attached hydrogens (tertiary/aromatic N) is 1. The summed E-state index contributed by atoms with van der Waals surface area (Å²) >= 11 is 0. The summed E-state index contributed by atoms with van der Waals surface area (Å²) < 4.78 is 0. The molecule has 0 radical (unpaired) electrons. The molecule has 2 N–H and O–H groups in total. The average Bonchev–Trinajstić information content (AvgIpc) is 2.76. The fourth-order valence-electron chi connectivity index (χ4n) is 3.79. The summed E-state index contributed by atoms with van der Waals surface area (Å²) in [7, 11) is 0. The van der Waals surface area contributed by atoms with Gasteiger partial charge in [-0.25, -0.2) is 0 Å². The first-order valence-corrected chi connectivity index (χ1v) is 7.96. The monoisotopic (exact) mass is 287 g/mol. The molecule has 0 bridgehead atoms. The molecule has 0 saturated carbocycles. The number of benzene rings is 1. The van der Waals surface area contributed by atoms with Gasteiger partial charge in [-0.05, 0) is 43.9 Å². The molecule has 1 amide bonds. The van der Waals surface area contributed by atoms with Crippen LogP contribution in [0.15, 0.2) is 30.3 Å². The minimum atomic E-state index is -0.369. The lowest BCUT2D eigenvalue weighted by Gasteiger charge is -2.43. The van der Waals surface area contributed by atoms with Crippen LogP contribution in [0.4, 0.5) is 5.69 Å². The molecule has 21 heavy (non-hydrogen) atoms. The Kier molecular flexibility index (Phi) is 3.89. The minimum absolute atomic E-state index is 0.196. The molecule has 114 valence electrons. The Morgan fingerprint density at radius 1 is 1.33 bits per heavy atom. The molecular weight excluding hydrogens is 262 g/mol. The van der Waals surface area contributed by atoms with Crippen LogP contribution in [0.3, 0.4) is 0 Å². The molecule has 2 fully saturated rings. The Hall–Kier alpha value is -1.55. The molecule has 2 atom stereocenters. The van der Waals surface area contributed by atoms with Gasteiger partial charge in [0.2, 0.25) is 5.91 Å². The van der Waals surface area contributed by atoms with Gasteiger partial charge in [0, 0.05) is 11.7 Å². The second-order valence-electron chi connectivity index (χ2n) is 6.69. The molecule has 2 unspecified atom stereocenters. The molecule has 1 aromatic carbocycles. The van der Waals surface area contributed by atoms with Crippen LogP contribution in [-0.2, 0) is 4.79 Å². The maximum absolute atomic E-state index is 12.6. The molecule has 0 aliphatic carbocycles. The number of carbonyl (C=O) groups excluding carboxylic acids is 1. The number of hydrogen-bond donors (Lipinski definition) is 2. The zero-order chi connectivity index (χ0) is 14.9. The number of carbonyl (C=O) groups is 1. The zero-order valence-corrected chi connectivity index (χ0v) is 12.9. The van der Waals surface area contributed by atoms with E-state index in [4.69, 9.17) is 0 Å². The molecular formula is C17H25N3O.